The number of nitrogens with one attached hydrogen (secondary N) is 1. The molecule has 0 aromatic heterocycles. The lowest BCUT2D eigenvalue weighted by atomic mass is 9.78. The van der Waals surface area contributed by atoms with Crippen LogP contribution in [0.5, 0.6) is 0 Å². The summed E-state index contributed by atoms with van der Waals surface area (Å²) in [5, 5.41) is 0. The Balaban J connectivity index is 2.06. The molecule has 2 rings (SSSR count). The Kier molecular flexibility index (Phi) is 3.51. The van der Waals surface area contributed by atoms with Gasteiger partial charge in [-0.15, -0.1) is 0 Å². The van der Waals surface area contributed by atoms with Gasteiger partial charge in [-0.1, -0.05) is 12.5 Å². The second kappa shape index (κ2) is 4.89. The molecular weight excluding hydrogens is 210 g/mol. The third kappa shape index (κ3) is 2.39. The molecule has 0 amide bonds. The van der Waals surface area contributed by atoms with Crippen LogP contribution in [0.3, 0.4) is 0 Å². The molecule has 0 radical (unpaired) electrons. The maximum absolute atomic E-state index is 13.4. The van der Waals surface area contributed by atoms with Crippen LogP contribution < -0.4 is 11.3 Å². The first-order valence-electron chi connectivity index (χ1n) is 5.60. The third-order valence-electron chi connectivity index (χ3n) is 3.39. The number of benzene rings is 1. The first-order valence-corrected chi connectivity index (χ1v) is 5.60. The van der Waals surface area contributed by atoms with Crippen molar-refractivity contribution in [3.63, 3.8) is 0 Å². The van der Waals surface area contributed by atoms with Gasteiger partial charge in [0.05, 0.1) is 0 Å². The fourth-order valence-electron chi connectivity index (χ4n) is 2.13. The Morgan fingerprint density at radius 3 is 2.62 bits per heavy atom. The zero-order valence-corrected chi connectivity index (χ0v) is 9.05. The van der Waals surface area contributed by atoms with E-state index in [4.69, 9.17) is 5.84 Å². The van der Waals surface area contributed by atoms with Gasteiger partial charge in [-0.3, -0.25) is 11.3 Å². The minimum Gasteiger partial charge on any atom is -0.271 e. The maximum atomic E-state index is 13.4. The molecule has 1 saturated carbocycles. The SMILES string of the molecule is NNC(Cc1ccc(F)cc1F)C1CCC1. The van der Waals surface area contributed by atoms with Crippen LogP contribution in [-0.2, 0) is 6.42 Å². The van der Waals surface area contributed by atoms with Gasteiger partial charge in [0.2, 0.25) is 0 Å². The summed E-state index contributed by atoms with van der Waals surface area (Å²) < 4.78 is 26.1. The summed E-state index contributed by atoms with van der Waals surface area (Å²) in [6.45, 7) is 0. The van der Waals surface area contributed by atoms with E-state index in [0.717, 1.165) is 18.9 Å². The normalized spacial score (nSPS) is 18.2. The highest BCUT2D eigenvalue weighted by Gasteiger charge is 2.27. The first-order chi connectivity index (χ1) is 7.70. The van der Waals surface area contributed by atoms with Crippen LogP contribution in [0.1, 0.15) is 24.8 Å². The molecule has 4 heteroatoms. The van der Waals surface area contributed by atoms with Gasteiger partial charge in [0, 0.05) is 12.1 Å². The lowest BCUT2D eigenvalue weighted by molar-refractivity contribution is 0.227. The Morgan fingerprint density at radius 2 is 2.12 bits per heavy atom. The fraction of sp³-hybridized carbons (Fsp3) is 0.500. The average molecular weight is 226 g/mol. The van der Waals surface area contributed by atoms with Crippen molar-refractivity contribution in [2.24, 2.45) is 11.8 Å². The summed E-state index contributed by atoms with van der Waals surface area (Å²) in [6.07, 6.45) is 4.01. The van der Waals surface area contributed by atoms with Crippen molar-refractivity contribution in [2.75, 3.05) is 0 Å². The van der Waals surface area contributed by atoms with Crippen LogP contribution >= 0.6 is 0 Å². The average Bonchev–Trinajstić information content (AvgIpc) is 2.18. The van der Waals surface area contributed by atoms with E-state index in [2.05, 4.69) is 5.43 Å². The molecule has 2 nitrogen and oxygen atoms in total. The Bertz CT molecular complexity index is 364. The molecule has 1 aromatic rings. The van der Waals surface area contributed by atoms with Crippen molar-refractivity contribution < 1.29 is 8.78 Å². The number of hydrogen-bond acceptors (Lipinski definition) is 2. The summed E-state index contributed by atoms with van der Waals surface area (Å²) in [4.78, 5) is 0. The van der Waals surface area contributed by atoms with Crippen LogP contribution in [0.4, 0.5) is 8.78 Å². The van der Waals surface area contributed by atoms with Crippen molar-refractivity contribution in [3.05, 3.63) is 35.4 Å². The van der Waals surface area contributed by atoms with Gasteiger partial charge < -0.3 is 0 Å². The molecule has 0 spiro atoms. The second-order valence-corrected chi connectivity index (χ2v) is 4.40. The van der Waals surface area contributed by atoms with Crippen LogP contribution in [-0.4, -0.2) is 6.04 Å². The van der Waals surface area contributed by atoms with Gasteiger partial charge in [-0.25, -0.2) is 8.78 Å². The highest BCUT2D eigenvalue weighted by atomic mass is 19.1. The highest BCUT2D eigenvalue weighted by molar-refractivity contribution is 5.20. The minimum atomic E-state index is -0.540. The molecular formula is C12H16F2N2. The van der Waals surface area contributed by atoms with E-state index in [-0.39, 0.29) is 6.04 Å². The highest BCUT2D eigenvalue weighted by Crippen LogP contribution is 2.31. The van der Waals surface area contributed by atoms with E-state index in [0.29, 0.717) is 17.9 Å². The number of nitrogens with two attached hydrogens (primary N) is 1. The van der Waals surface area contributed by atoms with Crippen molar-refractivity contribution in [2.45, 2.75) is 31.7 Å². The molecule has 1 aromatic carbocycles. The van der Waals surface area contributed by atoms with Gasteiger partial charge in [-0.05, 0) is 36.8 Å². The lowest BCUT2D eigenvalue weighted by Gasteiger charge is -2.33. The predicted octanol–water partition coefficient (Wildman–Crippen LogP) is 2.14. The molecule has 0 bridgehead atoms. The van der Waals surface area contributed by atoms with Gasteiger partial charge in [0.15, 0.2) is 0 Å². The molecule has 88 valence electrons. The molecule has 16 heavy (non-hydrogen) atoms. The molecule has 1 aliphatic carbocycles. The second-order valence-electron chi connectivity index (χ2n) is 4.40. The van der Waals surface area contributed by atoms with Crippen LogP contribution in [0.2, 0.25) is 0 Å². The zero-order chi connectivity index (χ0) is 11.5. The summed E-state index contributed by atoms with van der Waals surface area (Å²) >= 11 is 0. The minimum absolute atomic E-state index is 0.0914. The Labute approximate surface area is 93.8 Å². The van der Waals surface area contributed by atoms with Gasteiger partial charge in [-0.2, -0.15) is 0 Å². The van der Waals surface area contributed by atoms with E-state index in [9.17, 15) is 8.78 Å². The largest absolute Gasteiger partial charge is 0.271 e. The fourth-order valence-corrected chi connectivity index (χ4v) is 2.13. The number of hydrazine groups is 1. The number of hydrogen-bond donors (Lipinski definition) is 2. The summed E-state index contributed by atoms with van der Waals surface area (Å²) in [5.41, 5.74) is 3.26. The summed E-state index contributed by atoms with van der Waals surface area (Å²) in [7, 11) is 0. The predicted molar refractivity (Wildman–Crippen MR) is 58.5 cm³/mol. The maximum Gasteiger partial charge on any atom is 0.129 e. The third-order valence-corrected chi connectivity index (χ3v) is 3.39. The lowest BCUT2D eigenvalue weighted by Crippen LogP contribution is -2.45. The van der Waals surface area contributed by atoms with Crippen LogP contribution in [0, 0.1) is 17.6 Å². The molecule has 0 heterocycles. The molecule has 3 N–H and O–H groups in total. The molecule has 1 unspecified atom stereocenters. The van der Waals surface area contributed by atoms with Crippen molar-refractivity contribution in [1.29, 1.82) is 0 Å². The Morgan fingerprint density at radius 1 is 1.38 bits per heavy atom. The first kappa shape index (κ1) is 11.5. The van der Waals surface area contributed by atoms with Gasteiger partial charge in [0.1, 0.15) is 11.6 Å². The van der Waals surface area contributed by atoms with Crippen molar-refractivity contribution in [3.8, 4) is 0 Å². The van der Waals surface area contributed by atoms with E-state index < -0.39 is 11.6 Å². The van der Waals surface area contributed by atoms with Crippen molar-refractivity contribution >= 4 is 0 Å². The van der Waals surface area contributed by atoms with Crippen LogP contribution in [0.15, 0.2) is 18.2 Å². The van der Waals surface area contributed by atoms with E-state index in [1.54, 1.807) is 0 Å². The van der Waals surface area contributed by atoms with E-state index in [1.165, 1.54) is 18.6 Å². The standard InChI is InChI=1S/C12H16F2N2/c13-10-5-4-9(11(14)7-10)6-12(16-15)8-2-1-3-8/h4-5,7-8,12,16H,1-3,6,15H2. The molecule has 1 fully saturated rings. The van der Waals surface area contributed by atoms with Gasteiger partial charge in [0.25, 0.3) is 0 Å². The summed E-state index contributed by atoms with van der Waals surface area (Å²) in [5.74, 6) is 4.96. The molecule has 1 aliphatic rings. The zero-order valence-electron chi connectivity index (χ0n) is 9.05. The number of halogens is 2. The molecule has 0 aliphatic heterocycles. The molecule has 0 saturated heterocycles. The monoisotopic (exact) mass is 226 g/mol. The topological polar surface area (TPSA) is 38.0 Å². The number of rotatable bonds is 4. The smallest absolute Gasteiger partial charge is 0.129 e. The quantitative estimate of drug-likeness (QED) is 0.609. The van der Waals surface area contributed by atoms with E-state index in [1.807, 2.05) is 0 Å². The van der Waals surface area contributed by atoms with Crippen molar-refractivity contribution in [1.82, 2.24) is 5.43 Å². The molecule has 1 atom stereocenters. The summed E-state index contributed by atoms with van der Waals surface area (Å²) in [6, 6.07) is 3.79. The Hall–Kier alpha value is -1.00. The van der Waals surface area contributed by atoms with E-state index >= 15 is 0 Å². The van der Waals surface area contributed by atoms with Crippen LogP contribution in [0.25, 0.3) is 0 Å². The van der Waals surface area contributed by atoms with Gasteiger partial charge >= 0.3 is 0 Å².